The van der Waals surface area contributed by atoms with E-state index in [2.05, 4.69) is 0 Å². The van der Waals surface area contributed by atoms with Crippen LogP contribution in [-0.4, -0.2) is 29.8 Å². The summed E-state index contributed by atoms with van der Waals surface area (Å²) in [4.78, 5) is 13.2. The van der Waals surface area contributed by atoms with E-state index in [-0.39, 0.29) is 19.0 Å². The van der Waals surface area contributed by atoms with Gasteiger partial charge in [-0.05, 0) is 12.0 Å². The maximum absolute atomic E-state index is 12.6. The molecule has 0 saturated carbocycles. The van der Waals surface area contributed by atoms with Gasteiger partial charge in [-0.3, -0.25) is 4.79 Å². The van der Waals surface area contributed by atoms with Gasteiger partial charge in [0.05, 0.1) is 12.6 Å². The average Bonchev–Trinajstić information content (AvgIpc) is 2.38. The van der Waals surface area contributed by atoms with Crippen LogP contribution in [0.15, 0.2) is 30.3 Å². The van der Waals surface area contributed by atoms with Gasteiger partial charge in [0.1, 0.15) is 0 Å². The van der Waals surface area contributed by atoms with Crippen molar-refractivity contribution in [1.29, 1.82) is 0 Å². The number of benzene rings is 1. The Morgan fingerprint density at radius 1 is 1.30 bits per heavy atom. The molecule has 1 rings (SSSR count). The third-order valence-corrected chi connectivity index (χ3v) is 2.80. The highest BCUT2D eigenvalue weighted by Gasteiger charge is 2.23. The molecular weight excluding hydrogens is 286 g/mol. The molecule has 0 aromatic heterocycles. The van der Waals surface area contributed by atoms with Gasteiger partial charge in [0.2, 0.25) is 5.91 Å². The summed E-state index contributed by atoms with van der Waals surface area (Å²) >= 11 is 0. The molecule has 0 spiro atoms. The van der Waals surface area contributed by atoms with Gasteiger partial charge in [0, 0.05) is 6.54 Å². The molecule has 1 aromatic carbocycles. The van der Waals surface area contributed by atoms with Crippen molar-refractivity contribution in [3.05, 3.63) is 35.9 Å². The molecule has 2 N–H and O–H groups in total. The summed E-state index contributed by atoms with van der Waals surface area (Å²) in [5.74, 6) is -0.411. The van der Waals surface area contributed by atoms with Gasteiger partial charge in [0.25, 0.3) is 6.43 Å². The van der Waals surface area contributed by atoms with Gasteiger partial charge in [-0.1, -0.05) is 43.7 Å². The monoisotopic (exact) mass is 306 g/mol. The van der Waals surface area contributed by atoms with Crippen molar-refractivity contribution >= 4 is 18.3 Å². The van der Waals surface area contributed by atoms with Gasteiger partial charge < -0.3 is 10.6 Å². The highest BCUT2D eigenvalue weighted by Crippen LogP contribution is 2.10. The normalized spacial score (nSPS) is 11.8. The van der Waals surface area contributed by atoms with Crippen molar-refractivity contribution in [2.75, 3.05) is 6.54 Å². The van der Waals surface area contributed by atoms with Crippen LogP contribution in [0.1, 0.15) is 25.3 Å². The van der Waals surface area contributed by atoms with Crippen LogP contribution in [0.3, 0.4) is 0 Å². The summed E-state index contributed by atoms with van der Waals surface area (Å²) in [6.07, 6.45) is -1.30. The van der Waals surface area contributed by atoms with E-state index in [1.54, 1.807) is 12.1 Å². The number of halogens is 3. The predicted octanol–water partition coefficient (Wildman–Crippen LogP) is 2.83. The zero-order valence-electron chi connectivity index (χ0n) is 11.5. The fourth-order valence-electron chi connectivity index (χ4n) is 1.87. The minimum atomic E-state index is -2.55. The first-order valence-corrected chi connectivity index (χ1v) is 6.41. The van der Waals surface area contributed by atoms with Gasteiger partial charge in [0.15, 0.2) is 0 Å². The molecule has 0 aliphatic rings. The van der Waals surface area contributed by atoms with Crippen LogP contribution in [0.2, 0.25) is 0 Å². The molecule has 20 heavy (non-hydrogen) atoms. The van der Waals surface area contributed by atoms with Crippen LogP contribution in [0.25, 0.3) is 0 Å². The molecule has 0 aliphatic heterocycles. The molecule has 1 atom stereocenters. The molecule has 0 aliphatic carbocycles. The summed E-state index contributed by atoms with van der Waals surface area (Å²) in [6.45, 7) is 1.49. The number of amides is 1. The summed E-state index contributed by atoms with van der Waals surface area (Å²) in [6, 6.07) is 8.37. The number of rotatable bonds is 7. The van der Waals surface area contributed by atoms with E-state index >= 15 is 0 Å². The Labute approximate surface area is 124 Å². The Balaban J connectivity index is 0.00000361. The zero-order valence-corrected chi connectivity index (χ0v) is 12.3. The van der Waals surface area contributed by atoms with Crippen molar-refractivity contribution in [2.24, 2.45) is 5.73 Å². The Morgan fingerprint density at radius 2 is 1.90 bits per heavy atom. The molecule has 0 fully saturated rings. The first-order valence-electron chi connectivity index (χ1n) is 6.41. The molecule has 6 heteroatoms. The Morgan fingerprint density at radius 3 is 2.40 bits per heavy atom. The fraction of sp³-hybridized carbons (Fsp3) is 0.500. The third kappa shape index (κ3) is 6.30. The lowest BCUT2D eigenvalue weighted by Gasteiger charge is -2.25. The second kappa shape index (κ2) is 9.66. The fourth-order valence-corrected chi connectivity index (χ4v) is 1.87. The van der Waals surface area contributed by atoms with Crippen LogP contribution < -0.4 is 5.73 Å². The second-order valence-corrected chi connectivity index (χ2v) is 4.49. The summed E-state index contributed by atoms with van der Waals surface area (Å²) < 4.78 is 25.1. The Kier molecular flexibility index (Phi) is 9.08. The number of hydrogen-bond acceptors (Lipinski definition) is 2. The van der Waals surface area contributed by atoms with E-state index in [1.807, 2.05) is 25.1 Å². The number of hydrogen-bond donors (Lipinski definition) is 1. The summed E-state index contributed by atoms with van der Waals surface area (Å²) in [5, 5.41) is 0. The van der Waals surface area contributed by atoms with Crippen molar-refractivity contribution in [3.8, 4) is 0 Å². The Bertz CT molecular complexity index is 390. The predicted molar refractivity (Wildman–Crippen MR) is 78.0 cm³/mol. The minimum Gasteiger partial charge on any atom is -0.331 e. The van der Waals surface area contributed by atoms with Gasteiger partial charge in [-0.2, -0.15) is 0 Å². The molecule has 1 aromatic rings. The second-order valence-electron chi connectivity index (χ2n) is 4.49. The number of nitrogens with zero attached hydrogens (tertiary/aromatic N) is 1. The first-order chi connectivity index (χ1) is 9.04. The maximum Gasteiger partial charge on any atom is 0.255 e. The van der Waals surface area contributed by atoms with E-state index in [0.717, 1.165) is 16.9 Å². The molecule has 0 heterocycles. The van der Waals surface area contributed by atoms with E-state index in [1.165, 1.54) is 0 Å². The minimum absolute atomic E-state index is 0. The number of alkyl halides is 2. The summed E-state index contributed by atoms with van der Waals surface area (Å²) in [7, 11) is 0. The lowest BCUT2D eigenvalue weighted by Crippen LogP contribution is -2.45. The maximum atomic E-state index is 12.6. The average molecular weight is 307 g/mol. The molecule has 1 unspecified atom stereocenters. The van der Waals surface area contributed by atoms with E-state index in [9.17, 15) is 13.6 Å². The van der Waals surface area contributed by atoms with E-state index in [0.29, 0.717) is 6.42 Å². The van der Waals surface area contributed by atoms with Crippen molar-refractivity contribution in [1.82, 2.24) is 4.90 Å². The number of nitrogens with two attached hydrogens (primary N) is 1. The molecule has 0 saturated heterocycles. The Hall–Kier alpha value is -1.20. The molecule has 0 bridgehead atoms. The smallest absolute Gasteiger partial charge is 0.255 e. The summed E-state index contributed by atoms with van der Waals surface area (Å²) in [5.41, 5.74) is 6.54. The van der Waals surface area contributed by atoms with Crippen LogP contribution in [-0.2, 0) is 11.3 Å². The lowest BCUT2D eigenvalue weighted by atomic mass is 10.1. The van der Waals surface area contributed by atoms with Crippen LogP contribution in [0.5, 0.6) is 0 Å². The standard InChI is InChI=1S/C14H20F2N2O.ClH/c1-2-6-12(17)14(19)18(10-13(15)16)9-11-7-4-3-5-8-11;/h3-5,7-8,12-13H,2,6,9-10,17H2,1H3;1H. The third-order valence-electron chi connectivity index (χ3n) is 2.80. The largest absolute Gasteiger partial charge is 0.331 e. The van der Waals surface area contributed by atoms with Crippen molar-refractivity contribution in [3.63, 3.8) is 0 Å². The number of carbonyl (C=O) groups is 1. The van der Waals surface area contributed by atoms with Crippen LogP contribution >= 0.6 is 12.4 Å². The lowest BCUT2D eigenvalue weighted by molar-refractivity contribution is -0.135. The van der Waals surface area contributed by atoms with Crippen LogP contribution in [0, 0.1) is 0 Å². The quantitative estimate of drug-likeness (QED) is 0.842. The highest BCUT2D eigenvalue weighted by atomic mass is 35.5. The van der Waals surface area contributed by atoms with Gasteiger partial charge in [-0.15, -0.1) is 12.4 Å². The molecule has 0 radical (unpaired) electrons. The van der Waals surface area contributed by atoms with E-state index < -0.39 is 24.9 Å². The molecule has 3 nitrogen and oxygen atoms in total. The highest BCUT2D eigenvalue weighted by molar-refractivity contribution is 5.85. The van der Waals surface area contributed by atoms with Gasteiger partial charge >= 0.3 is 0 Å². The van der Waals surface area contributed by atoms with Crippen molar-refractivity contribution in [2.45, 2.75) is 38.8 Å². The zero-order chi connectivity index (χ0) is 14.3. The van der Waals surface area contributed by atoms with E-state index in [4.69, 9.17) is 5.73 Å². The first kappa shape index (κ1) is 18.8. The topological polar surface area (TPSA) is 46.3 Å². The van der Waals surface area contributed by atoms with Gasteiger partial charge in [-0.25, -0.2) is 8.78 Å². The van der Waals surface area contributed by atoms with Crippen LogP contribution in [0.4, 0.5) is 8.78 Å². The molecule has 1 amide bonds. The number of carbonyl (C=O) groups excluding carboxylic acids is 1. The van der Waals surface area contributed by atoms with Crippen molar-refractivity contribution < 1.29 is 13.6 Å². The molecule has 114 valence electrons. The SMILES string of the molecule is CCCC(N)C(=O)N(Cc1ccccc1)CC(F)F.Cl. The molecular formula is C14H21ClF2N2O.